The van der Waals surface area contributed by atoms with Gasteiger partial charge in [-0.3, -0.25) is 0 Å². The molecule has 2 rings (SSSR count). The summed E-state index contributed by atoms with van der Waals surface area (Å²) in [7, 11) is 0. The number of piperidine rings is 1. The molecular weight excluding hydrogens is 304 g/mol. The highest BCUT2D eigenvalue weighted by molar-refractivity contribution is 5.78. The molecule has 1 heterocycles. The first-order chi connectivity index (χ1) is 11.1. The van der Waals surface area contributed by atoms with Gasteiger partial charge in [-0.1, -0.05) is 12.1 Å². The molecule has 0 radical (unpaired) electrons. The molecule has 0 aromatic heterocycles. The third-order valence-corrected chi connectivity index (χ3v) is 3.66. The molecule has 2 N–H and O–H groups in total. The number of guanidine groups is 1. The van der Waals surface area contributed by atoms with Crippen molar-refractivity contribution in [2.75, 3.05) is 19.7 Å². The van der Waals surface area contributed by atoms with E-state index < -0.39 is 6.61 Å². The predicted octanol–water partition coefficient (Wildman–Crippen LogP) is 2.99. The van der Waals surface area contributed by atoms with Gasteiger partial charge in [-0.05, 0) is 32.3 Å². The molecule has 0 bridgehead atoms. The van der Waals surface area contributed by atoms with Crippen molar-refractivity contribution in [2.45, 2.75) is 39.3 Å². The van der Waals surface area contributed by atoms with Crippen LogP contribution < -0.4 is 15.2 Å². The van der Waals surface area contributed by atoms with Crippen LogP contribution in [0, 0.1) is 0 Å². The number of benzene rings is 1. The number of alkyl halides is 2. The number of nitrogens with two attached hydrogens (primary N) is 1. The third-order valence-electron chi connectivity index (χ3n) is 3.66. The maximum absolute atomic E-state index is 12.7. The van der Waals surface area contributed by atoms with Crippen molar-refractivity contribution in [3.8, 4) is 11.5 Å². The summed E-state index contributed by atoms with van der Waals surface area (Å²) >= 11 is 0. The molecule has 0 atom stereocenters. The fourth-order valence-corrected chi connectivity index (χ4v) is 2.57. The number of halogens is 2. The monoisotopic (exact) mass is 327 g/mol. The summed E-state index contributed by atoms with van der Waals surface area (Å²) in [5.41, 5.74) is 6.52. The van der Waals surface area contributed by atoms with E-state index in [4.69, 9.17) is 10.5 Å². The zero-order valence-corrected chi connectivity index (χ0v) is 13.3. The molecule has 0 spiro atoms. The molecule has 0 amide bonds. The third kappa shape index (κ3) is 4.97. The molecule has 1 aliphatic rings. The van der Waals surface area contributed by atoms with E-state index in [2.05, 4.69) is 9.73 Å². The molecule has 128 valence electrons. The van der Waals surface area contributed by atoms with E-state index in [-0.39, 0.29) is 18.0 Å². The van der Waals surface area contributed by atoms with Crippen LogP contribution in [-0.4, -0.2) is 37.2 Å². The number of ether oxygens (including phenoxy) is 2. The highest BCUT2D eigenvalue weighted by Gasteiger charge is 2.16. The Kier molecular flexibility index (Phi) is 6.43. The number of para-hydroxylation sites is 1. The topological polar surface area (TPSA) is 60.1 Å². The Bertz CT molecular complexity index is 532. The number of nitrogens with zero attached hydrogens (tertiary/aromatic N) is 2. The standard InChI is InChI=1S/C16H23F2N3O2/c1-2-22-13-8-6-7-12(14(13)23-15(17)18)11-20-16(19)21-9-4-3-5-10-21/h6-8,15H,2-5,9-11H2,1H3,(H2,19,20). The van der Waals surface area contributed by atoms with Gasteiger partial charge in [0.1, 0.15) is 0 Å². The molecule has 0 saturated carbocycles. The first-order valence-corrected chi connectivity index (χ1v) is 7.86. The van der Waals surface area contributed by atoms with E-state index in [0.29, 0.717) is 18.1 Å². The zero-order valence-electron chi connectivity index (χ0n) is 13.3. The Morgan fingerprint density at radius 3 is 2.70 bits per heavy atom. The Labute approximate surface area is 135 Å². The maximum atomic E-state index is 12.7. The van der Waals surface area contributed by atoms with Gasteiger partial charge in [0.2, 0.25) is 0 Å². The minimum atomic E-state index is -2.92. The predicted molar refractivity (Wildman–Crippen MR) is 85.0 cm³/mol. The molecular formula is C16H23F2N3O2. The lowest BCUT2D eigenvalue weighted by molar-refractivity contribution is -0.0520. The van der Waals surface area contributed by atoms with Crippen LogP contribution in [-0.2, 0) is 6.54 Å². The summed E-state index contributed by atoms with van der Waals surface area (Å²) in [6.07, 6.45) is 3.39. The molecule has 1 aromatic carbocycles. The molecule has 5 nitrogen and oxygen atoms in total. The highest BCUT2D eigenvalue weighted by atomic mass is 19.3. The van der Waals surface area contributed by atoms with Crippen molar-refractivity contribution in [3.05, 3.63) is 23.8 Å². The van der Waals surface area contributed by atoms with Gasteiger partial charge in [0.25, 0.3) is 0 Å². The molecule has 1 aliphatic heterocycles. The number of rotatable bonds is 6. The smallest absolute Gasteiger partial charge is 0.387 e. The largest absolute Gasteiger partial charge is 0.490 e. The van der Waals surface area contributed by atoms with Gasteiger partial charge in [-0.15, -0.1) is 0 Å². The summed E-state index contributed by atoms with van der Waals surface area (Å²) in [6.45, 7) is 1.17. The average molecular weight is 327 g/mol. The highest BCUT2D eigenvalue weighted by Crippen LogP contribution is 2.33. The SMILES string of the molecule is CCOc1cccc(CN=C(N)N2CCCCC2)c1OC(F)F. The second kappa shape index (κ2) is 8.55. The lowest BCUT2D eigenvalue weighted by atomic mass is 10.1. The van der Waals surface area contributed by atoms with Crippen molar-refractivity contribution < 1.29 is 18.3 Å². The van der Waals surface area contributed by atoms with Crippen molar-refractivity contribution in [2.24, 2.45) is 10.7 Å². The second-order valence-electron chi connectivity index (χ2n) is 5.28. The molecule has 1 fully saturated rings. The summed E-state index contributed by atoms with van der Waals surface area (Å²) in [6, 6.07) is 5.01. The summed E-state index contributed by atoms with van der Waals surface area (Å²) in [5.74, 6) is 0.756. The van der Waals surface area contributed by atoms with Crippen LogP contribution in [0.25, 0.3) is 0 Å². The van der Waals surface area contributed by atoms with Gasteiger partial charge in [-0.25, -0.2) is 4.99 Å². The minimum absolute atomic E-state index is 0.0274. The van der Waals surface area contributed by atoms with E-state index in [9.17, 15) is 8.78 Å². The lowest BCUT2D eigenvalue weighted by Crippen LogP contribution is -2.40. The summed E-state index contributed by atoms with van der Waals surface area (Å²) in [5, 5.41) is 0. The van der Waals surface area contributed by atoms with Gasteiger partial charge >= 0.3 is 6.61 Å². The number of hydrogen-bond donors (Lipinski definition) is 1. The van der Waals surface area contributed by atoms with Gasteiger partial charge in [0, 0.05) is 18.7 Å². The number of aliphatic imine (C=N–C) groups is 1. The second-order valence-corrected chi connectivity index (χ2v) is 5.28. The fraction of sp³-hybridized carbons (Fsp3) is 0.562. The van der Waals surface area contributed by atoms with E-state index in [0.717, 1.165) is 25.9 Å². The molecule has 23 heavy (non-hydrogen) atoms. The average Bonchev–Trinajstić information content (AvgIpc) is 2.55. The van der Waals surface area contributed by atoms with Crippen LogP contribution in [0.5, 0.6) is 11.5 Å². The molecule has 0 unspecified atom stereocenters. The van der Waals surface area contributed by atoms with Crippen LogP contribution in [0.2, 0.25) is 0 Å². The van der Waals surface area contributed by atoms with E-state index in [1.165, 1.54) is 6.42 Å². The van der Waals surface area contributed by atoms with Gasteiger partial charge in [0.05, 0.1) is 13.2 Å². The van der Waals surface area contributed by atoms with Gasteiger partial charge < -0.3 is 20.1 Å². The first-order valence-electron chi connectivity index (χ1n) is 7.86. The normalized spacial score (nSPS) is 15.8. The Balaban J connectivity index is 2.15. The van der Waals surface area contributed by atoms with Crippen molar-refractivity contribution in [1.82, 2.24) is 4.90 Å². The van der Waals surface area contributed by atoms with Crippen LogP contribution in [0.4, 0.5) is 8.78 Å². The number of hydrogen-bond acceptors (Lipinski definition) is 3. The molecule has 0 aliphatic carbocycles. The molecule has 7 heteroatoms. The van der Waals surface area contributed by atoms with Gasteiger partial charge in [-0.2, -0.15) is 8.78 Å². The van der Waals surface area contributed by atoms with Crippen molar-refractivity contribution >= 4 is 5.96 Å². The zero-order chi connectivity index (χ0) is 16.7. The Morgan fingerprint density at radius 2 is 2.04 bits per heavy atom. The van der Waals surface area contributed by atoms with E-state index in [1.54, 1.807) is 25.1 Å². The molecule has 1 saturated heterocycles. The fourth-order valence-electron chi connectivity index (χ4n) is 2.57. The Hall–Kier alpha value is -2.05. The van der Waals surface area contributed by atoms with Crippen LogP contribution >= 0.6 is 0 Å². The minimum Gasteiger partial charge on any atom is -0.490 e. The lowest BCUT2D eigenvalue weighted by Gasteiger charge is -2.27. The summed E-state index contributed by atoms with van der Waals surface area (Å²) in [4.78, 5) is 6.34. The van der Waals surface area contributed by atoms with E-state index in [1.807, 2.05) is 4.90 Å². The van der Waals surface area contributed by atoms with Crippen molar-refractivity contribution in [1.29, 1.82) is 0 Å². The van der Waals surface area contributed by atoms with Crippen molar-refractivity contribution in [3.63, 3.8) is 0 Å². The quantitative estimate of drug-likeness (QED) is 0.644. The van der Waals surface area contributed by atoms with Crippen LogP contribution in [0.3, 0.4) is 0 Å². The molecule has 1 aromatic rings. The number of likely N-dealkylation sites (tertiary alicyclic amines) is 1. The summed E-state index contributed by atoms with van der Waals surface area (Å²) < 4.78 is 35.3. The Morgan fingerprint density at radius 1 is 1.30 bits per heavy atom. The first kappa shape index (κ1) is 17.3. The van der Waals surface area contributed by atoms with Crippen LogP contribution in [0.1, 0.15) is 31.7 Å². The van der Waals surface area contributed by atoms with Gasteiger partial charge in [0.15, 0.2) is 17.5 Å². The van der Waals surface area contributed by atoms with E-state index >= 15 is 0 Å². The van der Waals surface area contributed by atoms with Crippen LogP contribution in [0.15, 0.2) is 23.2 Å². The maximum Gasteiger partial charge on any atom is 0.387 e.